The maximum atomic E-state index is 4.53. The van der Waals surface area contributed by atoms with Gasteiger partial charge in [-0.25, -0.2) is 4.98 Å². The molecule has 1 aromatic carbocycles. The Balaban J connectivity index is 2.66. The molecule has 0 atom stereocenters. The normalized spacial score (nSPS) is 11.1. The monoisotopic (exact) mass is 206 g/mol. The summed E-state index contributed by atoms with van der Waals surface area (Å²) in [6.45, 7) is 2.16. The Morgan fingerprint density at radius 3 is 2.86 bits per heavy atom. The van der Waals surface area contributed by atoms with Gasteiger partial charge in [0.1, 0.15) is 5.82 Å². The fraction of sp³-hybridized carbons (Fsp3) is 0.364. The lowest BCUT2D eigenvalue weighted by molar-refractivity contribution is 0.877. The summed E-state index contributed by atoms with van der Waals surface area (Å²) in [4.78, 5) is 4.53. The number of hydrogen-bond acceptors (Lipinski definition) is 2. The largest absolute Gasteiger partial charge is 0.330 e. The van der Waals surface area contributed by atoms with Crippen molar-refractivity contribution in [2.45, 2.75) is 19.1 Å². The zero-order valence-electron chi connectivity index (χ0n) is 8.49. The third-order valence-electron chi connectivity index (χ3n) is 2.59. The van der Waals surface area contributed by atoms with E-state index in [0.717, 1.165) is 17.8 Å². The van der Waals surface area contributed by atoms with E-state index in [1.165, 1.54) is 11.1 Å². The molecule has 2 rings (SSSR count). The van der Waals surface area contributed by atoms with E-state index in [-0.39, 0.29) is 0 Å². The minimum absolute atomic E-state index is 0.687. The topological polar surface area (TPSA) is 17.8 Å². The highest BCUT2D eigenvalue weighted by molar-refractivity contribution is 7.79. The van der Waals surface area contributed by atoms with Gasteiger partial charge < -0.3 is 4.57 Å². The molecule has 0 radical (unpaired) electrons. The zero-order chi connectivity index (χ0) is 10.1. The molecule has 2 aromatic rings. The van der Waals surface area contributed by atoms with Crippen LogP contribution < -0.4 is 0 Å². The van der Waals surface area contributed by atoms with Crippen LogP contribution in [0.15, 0.2) is 18.2 Å². The van der Waals surface area contributed by atoms with Crippen molar-refractivity contribution >= 4 is 23.7 Å². The first-order valence-electron chi connectivity index (χ1n) is 4.81. The van der Waals surface area contributed by atoms with Gasteiger partial charge in [0.2, 0.25) is 0 Å². The van der Waals surface area contributed by atoms with Gasteiger partial charge in [-0.2, -0.15) is 12.6 Å². The number of hydrogen-bond donors (Lipinski definition) is 1. The number of aryl methyl sites for hydroxylation is 2. The first-order valence-corrected chi connectivity index (χ1v) is 5.44. The van der Waals surface area contributed by atoms with Crippen molar-refractivity contribution in [2.75, 3.05) is 0 Å². The van der Waals surface area contributed by atoms with E-state index in [1.807, 2.05) is 7.05 Å². The van der Waals surface area contributed by atoms with Gasteiger partial charge in [-0.3, -0.25) is 0 Å². The molecule has 0 aliphatic rings. The highest BCUT2D eigenvalue weighted by Crippen LogP contribution is 2.17. The fourth-order valence-corrected chi connectivity index (χ4v) is 1.94. The van der Waals surface area contributed by atoms with E-state index in [2.05, 4.69) is 47.3 Å². The zero-order valence-corrected chi connectivity index (χ0v) is 9.38. The molecule has 0 saturated heterocycles. The Hall–Kier alpha value is -0.960. The first kappa shape index (κ1) is 9.59. The SMILES string of the molecule is CCc1ccc2c(c1)nc(CS)n2C. The van der Waals surface area contributed by atoms with Gasteiger partial charge in [0.15, 0.2) is 0 Å². The van der Waals surface area contributed by atoms with Crippen LogP contribution in [0, 0.1) is 0 Å². The van der Waals surface area contributed by atoms with E-state index < -0.39 is 0 Å². The summed E-state index contributed by atoms with van der Waals surface area (Å²) in [6.07, 6.45) is 1.06. The predicted octanol–water partition coefficient (Wildman–Crippen LogP) is 2.57. The van der Waals surface area contributed by atoms with Crippen molar-refractivity contribution in [1.29, 1.82) is 0 Å². The maximum absolute atomic E-state index is 4.53. The third-order valence-corrected chi connectivity index (χ3v) is 2.87. The molecule has 14 heavy (non-hydrogen) atoms. The van der Waals surface area contributed by atoms with Crippen LogP contribution in [0.2, 0.25) is 0 Å². The van der Waals surface area contributed by atoms with E-state index in [9.17, 15) is 0 Å². The molecule has 74 valence electrons. The van der Waals surface area contributed by atoms with Gasteiger partial charge in [-0.15, -0.1) is 0 Å². The molecule has 0 bridgehead atoms. The Morgan fingerprint density at radius 1 is 1.43 bits per heavy atom. The lowest BCUT2D eigenvalue weighted by atomic mass is 10.1. The van der Waals surface area contributed by atoms with Gasteiger partial charge in [0, 0.05) is 12.8 Å². The molecule has 0 unspecified atom stereocenters. The van der Waals surface area contributed by atoms with Crippen LogP contribution in [0.3, 0.4) is 0 Å². The van der Waals surface area contributed by atoms with Crippen molar-refractivity contribution in [3.05, 3.63) is 29.6 Å². The quantitative estimate of drug-likeness (QED) is 0.748. The van der Waals surface area contributed by atoms with E-state index >= 15 is 0 Å². The summed E-state index contributed by atoms with van der Waals surface area (Å²) in [5.41, 5.74) is 3.60. The summed E-state index contributed by atoms with van der Waals surface area (Å²) >= 11 is 4.26. The lowest BCUT2D eigenvalue weighted by Crippen LogP contribution is -1.93. The van der Waals surface area contributed by atoms with Crippen LogP contribution in [-0.4, -0.2) is 9.55 Å². The predicted molar refractivity (Wildman–Crippen MR) is 62.8 cm³/mol. The van der Waals surface area contributed by atoms with E-state index in [0.29, 0.717) is 5.75 Å². The highest BCUT2D eigenvalue weighted by Gasteiger charge is 2.05. The molecule has 3 heteroatoms. The molecule has 0 amide bonds. The van der Waals surface area contributed by atoms with Gasteiger partial charge >= 0.3 is 0 Å². The van der Waals surface area contributed by atoms with Crippen LogP contribution >= 0.6 is 12.6 Å². The van der Waals surface area contributed by atoms with E-state index in [4.69, 9.17) is 0 Å². The fourth-order valence-electron chi connectivity index (χ4n) is 1.66. The van der Waals surface area contributed by atoms with Crippen molar-refractivity contribution < 1.29 is 0 Å². The number of imidazole rings is 1. The third kappa shape index (κ3) is 1.42. The molecule has 0 aliphatic carbocycles. The van der Waals surface area contributed by atoms with Gasteiger partial charge in [-0.1, -0.05) is 13.0 Å². The number of fused-ring (bicyclic) bond motifs is 1. The van der Waals surface area contributed by atoms with Crippen LogP contribution in [0.4, 0.5) is 0 Å². The van der Waals surface area contributed by atoms with Gasteiger partial charge in [0.25, 0.3) is 0 Å². The maximum Gasteiger partial charge on any atom is 0.119 e. The molecule has 1 aromatic heterocycles. The van der Waals surface area contributed by atoms with Crippen molar-refractivity contribution in [2.24, 2.45) is 7.05 Å². The Bertz CT molecular complexity index is 460. The minimum atomic E-state index is 0.687. The molecule has 2 nitrogen and oxygen atoms in total. The molecular formula is C11H14N2S. The number of nitrogens with zero attached hydrogens (tertiary/aromatic N) is 2. The van der Waals surface area contributed by atoms with Crippen molar-refractivity contribution in [3.8, 4) is 0 Å². The van der Waals surface area contributed by atoms with Crippen molar-refractivity contribution in [3.63, 3.8) is 0 Å². The number of aromatic nitrogens is 2. The molecular weight excluding hydrogens is 192 g/mol. The Labute approximate surface area is 89.4 Å². The first-order chi connectivity index (χ1) is 6.76. The van der Waals surface area contributed by atoms with Gasteiger partial charge in [0.05, 0.1) is 11.0 Å². The second kappa shape index (κ2) is 3.65. The summed E-state index contributed by atoms with van der Waals surface area (Å²) in [5, 5.41) is 0. The smallest absolute Gasteiger partial charge is 0.119 e. The average Bonchev–Trinajstić information content (AvgIpc) is 2.55. The molecule has 0 saturated carbocycles. The lowest BCUT2D eigenvalue weighted by Gasteiger charge is -1.98. The molecule has 0 aliphatic heterocycles. The number of rotatable bonds is 2. The van der Waals surface area contributed by atoms with Crippen LogP contribution in [-0.2, 0) is 19.2 Å². The highest BCUT2D eigenvalue weighted by atomic mass is 32.1. The molecule has 0 fully saturated rings. The summed E-state index contributed by atoms with van der Waals surface area (Å²) < 4.78 is 2.10. The number of benzene rings is 1. The summed E-state index contributed by atoms with van der Waals surface area (Å²) in [5.74, 6) is 1.71. The standard InChI is InChI=1S/C11H14N2S/c1-3-8-4-5-10-9(6-8)12-11(7-14)13(10)2/h4-6,14H,3,7H2,1-2H3. The van der Waals surface area contributed by atoms with E-state index in [1.54, 1.807) is 0 Å². The second-order valence-corrected chi connectivity index (χ2v) is 3.74. The summed E-state index contributed by atoms with van der Waals surface area (Å²) in [6, 6.07) is 6.45. The Kier molecular flexibility index (Phi) is 2.50. The van der Waals surface area contributed by atoms with Gasteiger partial charge in [-0.05, 0) is 24.1 Å². The number of thiol groups is 1. The van der Waals surface area contributed by atoms with Crippen LogP contribution in [0.25, 0.3) is 11.0 Å². The molecule has 0 spiro atoms. The summed E-state index contributed by atoms with van der Waals surface area (Å²) in [7, 11) is 2.03. The van der Waals surface area contributed by atoms with Crippen molar-refractivity contribution in [1.82, 2.24) is 9.55 Å². The second-order valence-electron chi connectivity index (χ2n) is 3.42. The molecule has 1 heterocycles. The molecule has 0 N–H and O–H groups in total. The Morgan fingerprint density at radius 2 is 2.21 bits per heavy atom. The van der Waals surface area contributed by atoms with Crippen LogP contribution in [0.5, 0.6) is 0 Å². The minimum Gasteiger partial charge on any atom is -0.330 e. The average molecular weight is 206 g/mol. The van der Waals surface area contributed by atoms with Crippen LogP contribution in [0.1, 0.15) is 18.3 Å².